The van der Waals surface area contributed by atoms with E-state index in [1.54, 1.807) is 0 Å². The molecule has 4 atom stereocenters. The van der Waals surface area contributed by atoms with E-state index in [2.05, 4.69) is 48.7 Å². The van der Waals surface area contributed by atoms with Gasteiger partial charge in [-0.05, 0) is 55.6 Å². The van der Waals surface area contributed by atoms with Gasteiger partial charge >= 0.3 is 0 Å². The van der Waals surface area contributed by atoms with Gasteiger partial charge in [-0.2, -0.15) is 0 Å². The molecule has 0 bridgehead atoms. The van der Waals surface area contributed by atoms with Crippen molar-refractivity contribution in [2.45, 2.75) is 58.2 Å². The third-order valence-electron chi connectivity index (χ3n) is 8.06. The average molecular weight is 468 g/mol. The Kier molecular flexibility index (Phi) is 5.65. The number of nitrogens with one attached hydrogen (secondary N) is 1. The Hall–Kier alpha value is -2.89. The van der Waals surface area contributed by atoms with E-state index in [-0.39, 0.29) is 12.1 Å². The Morgan fingerprint density at radius 1 is 1.15 bits per heavy atom. The summed E-state index contributed by atoms with van der Waals surface area (Å²) >= 11 is 0. The number of piperazine rings is 1. The zero-order chi connectivity index (χ0) is 24.3. The Bertz CT molecular complexity index is 1120. The molecule has 3 nitrogen and oxygen atoms in total. The van der Waals surface area contributed by atoms with Gasteiger partial charge in [-0.3, -0.25) is 0 Å². The molecule has 4 unspecified atom stereocenters. The summed E-state index contributed by atoms with van der Waals surface area (Å²) in [5.74, 6) is -1.22. The molecule has 6 heteroatoms. The van der Waals surface area contributed by atoms with E-state index < -0.39 is 17.5 Å². The van der Waals surface area contributed by atoms with Crippen LogP contribution in [0, 0.1) is 29.3 Å². The lowest BCUT2D eigenvalue weighted by atomic mass is 9.85. The first-order chi connectivity index (χ1) is 16.2. The highest BCUT2D eigenvalue weighted by Gasteiger charge is 2.48. The van der Waals surface area contributed by atoms with E-state index in [0.717, 1.165) is 52.9 Å². The summed E-state index contributed by atoms with van der Waals surface area (Å²) < 4.78 is 41.4. The fourth-order valence-electron chi connectivity index (χ4n) is 6.04. The number of hydrogen-bond donors (Lipinski definition) is 1. The minimum Gasteiger partial charge on any atom is -0.381 e. The monoisotopic (exact) mass is 467 g/mol. The molecule has 34 heavy (non-hydrogen) atoms. The lowest BCUT2D eigenvalue weighted by Gasteiger charge is -2.53. The minimum absolute atomic E-state index is 0.138. The van der Waals surface area contributed by atoms with Gasteiger partial charge in [0.05, 0.1) is 11.4 Å². The van der Waals surface area contributed by atoms with Crippen molar-refractivity contribution in [2.75, 3.05) is 6.54 Å². The van der Waals surface area contributed by atoms with E-state index in [0.29, 0.717) is 29.9 Å². The fraction of sp³-hybridized carbons (Fsp3) is 0.429. The molecule has 3 heterocycles. The highest BCUT2D eigenvalue weighted by Crippen LogP contribution is 2.50. The summed E-state index contributed by atoms with van der Waals surface area (Å²) in [6.07, 6.45) is 6.95. The largest absolute Gasteiger partial charge is 0.381 e. The smallest absolute Gasteiger partial charge is 0.134 e. The predicted molar refractivity (Wildman–Crippen MR) is 129 cm³/mol. The zero-order valence-electron chi connectivity index (χ0n) is 19.9. The second-order valence-corrected chi connectivity index (χ2v) is 10.2. The maximum absolute atomic E-state index is 14.1. The van der Waals surface area contributed by atoms with Crippen LogP contribution in [0.5, 0.6) is 0 Å². The fourth-order valence-corrected chi connectivity index (χ4v) is 6.04. The predicted octanol–water partition coefficient (Wildman–Crippen LogP) is 6.14. The molecule has 0 spiro atoms. The van der Waals surface area contributed by atoms with Crippen molar-refractivity contribution in [3.8, 4) is 0 Å². The van der Waals surface area contributed by atoms with Gasteiger partial charge in [0.1, 0.15) is 17.5 Å². The number of halogens is 3. The second kappa shape index (κ2) is 8.40. The van der Waals surface area contributed by atoms with Gasteiger partial charge in [-0.15, -0.1) is 0 Å². The first kappa shape index (κ1) is 22.9. The van der Waals surface area contributed by atoms with Crippen molar-refractivity contribution in [1.82, 2.24) is 15.1 Å². The van der Waals surface area contributed by atoms with Gasteiger partial charge in [-0.1, -0.05) is 26.7 Å². The van der Waals surface area contributed by atoms with Crippen molar-refractivity contribution in [2.24, 2.45) is 11.8 Å². The first-order valence-electron chi connectivity index (χ1n) is 12.1. The standard InChI is InChI=1S/C28H32F3N3/c1-15-9-22(15)27-8-6-7-21-13-33-14-24(16(2)17(3)28(33)19(5)34(21)27)18(4)32-12-23-25(30)10-20(29)11-26(23)31/h10-11,14-15,21-22,27,32H,2,4-9,12-13H2,1,3H3. The molecule has 3 aliphatic heterocycles. The third kappa shape index (κ3) is 3.77. The van der Waals surface area contributed by atoms with Crippen LogP contribution in [-0.2, 0) is 6.54 Å². The number of allylic oxidation sites excluding steroid dienone is 2. The molecule has 180 valence electrons. The number of nitrogens with zero attached hydrogens (tertiary/aromatic N) is 2. The number of hydrogen-bond acceptors (Lipinski definition) is 3. The summed E-state index contributed by atoms with van der Waals surface area (Å²) in [6, 6.07) is 2.36. The molecular weight excluding hydrogens is 435 g/mol. The molecule has 4 aliphatic rings. The quantitative estimate of drug-likeness (QED) is 0.561. The molecular formula is C28H32F3N3. The van der Waals surface area contributed by atoms with Crippen LogP contribution in [-0.4, -0.2) is 28.4 Å². The summed E-state index contributed by atoms with van der Waals surface area (Å²) in [5.41, 5.74) is 5.13. The van der Waals surface area contributed by atoms with E-state index >= 15 is 0 Å². The molecule has 0 amide bonds. The number of piperidine rings is 1. The van der Waals surface area contributed by atoms with Crippen molar-refractivity contribution in [1.29, 1.82) is 0 Å². The molecule has 0 aromatic heterocycles. The summed E-state index contributed by atoms with van der Waals surface area (Å²) in [7, 11) is 0. The Balaban J connectivity index is 1.36. The third-order valence-corrected chi connectivity index (χ3v) is 8.06. The van der Waals surface area contributed by atoms with Crippen LogP contribution in [0.3, 0.4) is 0 Å². The minimum atomic E-state index is -0.935. The van der Waals surface area contributed by atoms with Crippen LogP contribution in [0.1, 0.15) is 45.1 Å². The first-order valence-corrected chi connectivity index (χ1v) is 12.1. The Morgan fingerprint density at radius 3 is 2.47 bits per heavy atom. The summed E-state index contributed by atoms with van der Waals surface area (Å²) in [4.78, 5) is 4.83. The van der Waals surface area contributed by atoms with Gasteiger partial charge in [0.25, 0.3) is 0 Å². The molecule has 0 radical (unpaired) electrons. The van der Waals surface area contributed by atoms with Gasteiger partial charge in [0.2, 0.25) is 0 Å². The molecule has 1 aliphatic carbocycles. The Labute approximate surface area is 200 Å². The highest BCUT2D eigenvalue weighted by molar-refractivity contribution is 5.60. The van der Waals surface area contributed by atoms with Crippen LogP contribution in [0.15, 0.2) is 71.9 Å². The van der Waals surface area contributed by atoms with Crippen LogP contribution >= 0.6 is 0 Å². The Morgan fingerprint density at radius 2 is 1.82 bits per heavy atom. The van der Waals surface area contributed by atoms with E-state index in [1.807, 2.05) is 6.20 Å². The second-order valence-electron chi connectivity index (χ2n) is 10.2. The molecule has 1 aromatic carbocycles. The summed E-state index contributed by atoms with van der Waals surface area (Å²) in [6.45, 7) is 18.1. The van der Waals surface area contributed by atoms with Crippen molar-refractivity contribution < 1.29 is 13.2 Å². The molecule has 1 saturated carbocycles. The van der Waals surface area contributed by atoms with Crippen molar-refractivity contribution >= 4 is 0 Å². The van der Waals surface area contributed by atoms with Crippen LogP contribution in [0.2, 0.25) is 0 Å². The van der Waals surface area contributed by atoms with Crippen molar-refractivity contribution in [3.05, 3.63) is 94.9 Å². The van der Waals surface area contributed by atoms with Crippen LogP contribution in [0.4, 0.5) is 13.2 Å². The van der Waals surface area contributed by atoms with Gasteiger partial charge in [-0.25, -0.2) is 13.2 Å². The van der Waals surface area contributed by atoms with Crippen molar-refractivity contribution in [3.63, 3.8) is 0 Å². The molecule has 3 fully saturated rings. The number of fused-ring (bicyclic) bond motifs is 2. The van der Waals surface area contributed by atoms with Gasteiger partial charge in [0.15, 0.2) is 0 Å². The van der Waals surface area contributed by atoms with Gasteiger partial charge in [0, 0.05) is 60.3 Å². The highest BCUT2D eigenvalue weighted by atomic mass is 19.1. The van der Waals surface area contributed by atoms with Gasteiger partial charge < -0.3 is 15.1 Å². The number of rotatable bonds is 5. The maximum atomic E-state index is 14.1. The summed E-state index contributed by atoms with van der Waals surface area (Å²) in [5, 5.41) is 3.01. The molecule has 1 aromatic rings. The average Bonchev–Trinajstić information content (AvgIpc) is 3.51. The molecule has 2 saturated heterocycles. The van der Waals surface area contributed by atoms with Crippen LogP contribution in [0.25, 0.3) is 0 Å². The molecule has 1 N–H and O–H groups in total. The number of benzene rings is 1. The lowest BCUT2D eigenvalue weighted by Crippen LogP contribution is -2.56. The van der Waals surface area contributed by atoms with E-state index in [1.165, 1.54) is 19.3 Å². The lowest BCUT2D eigenvalue weighted by molar-refractivity contribution is 0.0683. The van der Waals surface area contributed by atoms with E-state index in [4.69, 9.17) is 0 Å². The topological polar surface area (TPSA) is 18.5 Å². The normalized spacial score (nSPS) is 28.4. The zero-order valence-corrected chi connectivity index (χ0v) is 19.9. The SMILES string of the molecule is C=C(NCc1c(F)cc(F)cc1F)C1=CN2CC3CCCC(C4CC4C)N3C(=C)C2=C(C)C1=C. The molecule has 5 rings (SSSR count). The van der Waals surface area contributed by atoms with Crippen LogP contribution < -0.4 is 5.32 Å². The maximum Gasteiger partial charge on any atom is 0.134 e. The van der Waals surface area contributed by atoms with E-state index in [9.17, 15) is 13.2 Å².